The fraction of sp³-hybridized carbons (Fsp3) is 0.429. The number of fused-ring (bicyclic) bond motifs is 1. The molecule has 0 radical (unpaired) electrons. The van der Waals surface area contributed by atoms with Gasteiger partial charge in [-0.25, -0.2) is 4.98 Å². The Morgan fingerprint density at radius 1 is 1.41 bits per heavy atom. The number of carbonyl (C=O) groups is 1. The van der Waals surface area contributed by atoms with Crippen molar-refractivity contribution in [2.75, 3.05) is 6.61 Å². The second-order valence-electron chi connectivity index (χ2n) is 7.18. The van der Waals surface area contributed by atoms with E-state index in [0.29, 0.717) is 0 Å². The summed E-state index contributed by atoms with van der Waals surface area (Å²) in [6, 6.07) is 7.92. The molecule has 2 aromatic heterocycles. The van der Waals surface area contributed by atoms with Crippen molar-refractivity contribution in [2.24, 2.45) is 0 Å². The molecule has 6 heteroatoms. The Morgan fingerprint density at radius 3 is 3.00 bits per heavy atom. The first-order valence-electron chi connectivity index (χ1n) is 9.47. The first-order chi connectivity index (χ1) is 13.0. The van der Waals surface area contributed by atoms with Gasteiger partial charge >= 0.3 is 0 Å². The summed E-state index contributed by atoms with van der Waals surface area (Å²) in [5, 5.41) is 1.67. The maximum atomic E-state index is 13.1. The number of Topliss-reactive ketones (excluding diaryl/α,β-unsaturated/α-hetero) is 1. The van der Waals surface area contributed by atoms with Gasteiger partial charge in [-0.2, -0.15) is 0 Å². The number of benzene rings is 1. The van der Waals surface area contributed by atoms with Gasteiger partial charge in [-0.3, -0.25) is 4.79 Å². The van der Waals surface area contributed by atoms with Crippen LogP contribution in [-0.2, 0) is 11.3 Å². The zero-order chi connectivity index (χ0) is 19.0. The molecule has 2 atom stereocenters. The largest absolute Gasteiger partial charge is 0.376 e. The van der Waals surface area contributed by atoms with Crippen molar-refractivity contribution in [3.05, 3.63) is 47.4 Å². The first-order valence-corrected chi connectivity index (χ1v) is 10.3. The molecule has 1 fully saturated rings. The lowest BCUT2D eigenvalue weighted by molar-refractivity contribution is 0.0944. The molecule has 1 aliphatic heterocycles. The fourth-order valence-corrected chi connectivity index (χ4v) is 4.71. The Balaban J connectivity index is 1.56. The monoisotopic (exact) mass is 383 g/mol. The highest BCUT2D eigenvalue weighted by Crippen LogP contribution is 2.30. The van der Waals surface area contributed by atoms with Gasteiger partial charge in [0.05, 0.1) is 23.6 Å². The van der Waals surface area contributed by atoms with Crippen molar-refractivity contribution in [2.45, 2.75) is 56.7 Å². The van der Waals surface area contributed by atoms with E-state index in [1.165, 1.54) is 11.8 Å². The van der Waals surface area contributed by atoms with E-state index >= 15 is 0 Å². The minimum atomic E-state index is -0.214. The number of nitrogens with zero attached hydrogens (tertiary/aromatic N) is 2. The van der Waals surface area contributed by atoms with Crippen LogP contribution in [0, 0.1) is 13.8 Å². The molecule has 5 nitrogen and oxygen atoms in total. The molecular weight excluding hydrogens is 358 g/mol. The van der Waals surface area contributed by atoms with Crippen molar-refractivity contribution in [3.8, 4) is 0 Å². The standard InChI is InChI=1S/C21H25N3O2S/c1-13-14(2)24(12-16-7-6-10-26-16)21(23-13)27-15(3)20(25)18-11-22-19-9-5-4-8-17(18)19/h4-5,8-9,11,15-16,22H,6-7,10,12H2,1-3H3/t15-,16-/m1/s1. The van der Waals surface area contributed by atoms with Crippen molar-refractivity contribution in [1.82, 2.24) is 14.5 Å². The lowest BCUT2D eigenvalue weighted by Crippen LogP contribution is -2.19. The SMILES string of the molecule is Cc1nc(S[C@H](C)C(=O)c2c[nH]c3ccccc23)n(C[C@H]2CCCO2)c1C. The van der Waals surface area contributed by atoms with E-state index < -0.39 is 0 Å². The molecule has 0 amide bonds. The number of hydrogen-bond acceptors (Lipinski definition) is 4. The van der Waals surface area contributed by atoms with Gasteiger partial charge in [0.15, 0.2) is 10.9 Å². The van der Waals surface area contributed by atoms with Gasteiger partial charge in [0.25, 0.3) is 0 Å². The molecule has 0 bridgehead atoms. The Kier molecular flexibility index (Phi) is 5.10. The number of aryl methyl sites for hydroxylation is 1. The van der Waals surface area contributed by atoms with E-state index in [1.54, 1.807) is 0 Å². The van der Waals surface area contributed by atoms with Crippen LogP contribution in [0.1, 0.15) is 41.5 Å². The van der Waals surface area contributed by atoms with Crippen molar-refractivity contribution >= 4 is 28.4 Å². The topological polar surface area (TPSA) is 59.9 Å². The molecule has 1 aromatic carbocycles. The number of aromatic amines is 1. The lowest BCUT2D eigenvalue weighted by Gasteiger charge is -2.16. The number of aromatic nitrogens is 3. The van der Waals surface area contributed by atoms with E-state index in [1.807, 2.05) is 44.3 Å². The Labute approximate surface area is 163 Å². The zero-order valence-electron chi connectivity index (χ0n) is 16.0. The summed E-state index contributed by atoms with van der Waals surface area (Å²) in [5.74, 6) is 0.124. The van der Waals surface area contributed by atoms with E-state index in [2.05, 4.69) is 16.5 Å². The number of carbonyl (C=O) groups excluding carboxylic acids is 1. The van der Waals surface area contributed by atoms with Crippen LogP contribution >= 0.6 is 11.8 Å². The minimum Gasteiger partial charge on any atom is -0.376 e. The average molecular weight is 384 g/mol. The van der Waals surface area contributed by atoms with E-state index in [4.69, 9.17) is 9.72 Å². The van der Waals surface area contributed by atoms with Gasteiger partial charge in [0.1, 0.15) is 0 Å². The van der Waals surface area contributed by atoms with Crippen LogP contribution in [-0.4, -0.2) is 38.3 Å². The summed E-state index contributed by atoms with van der Waals surface area (Å²) in [5.41, 5.74) is 3.91. The number of H-pyrrole nitrogens is 1. The van der Waals surface area contributed by atoms with Crippen LogP contribution in [0.4, 0.5) is 0 Å². The normalized spacial score (nSPS) is 18.3. The lowest BCUT2D eigenvalue weighted by atomic mass is 10.1. The summed E-state index contributed by atoms with van der Waals surface area (Å²) < 4.78 is 8.02. The Morgan fingerprint density at radius 2 is 2.22 bits per heavy atom. The van der Waals surface area contributed by atoms with E-state index in [-0.39, 0.29) is 17.1 Å². The predicted octanol–water partition coefficient (Wildman–Crippen LogP) is 4.52. The number of ketones is 1. The number of nitrogens with one attached hydrogen (secondary N) is 1. The second-order valence-corrected chi connectivity index (χ2v) is 8.49. The average Bonchev–Trinajstić information content (AvgIpc) is 3.38. The summed E-state index contributed by atoms with van der Waals surface area (Å²) in [4.78, 5) is 21.0. The van der Waals surface area contributed by atoms with Gasteiger partial charge in [0.2, 0.25) is 0 Å². The molecule has 4 rings (SSSR count). The number of imidazole rings is 1. The molecule has 1 saturated heterocycles. The highest BCUT2D eigenvalue weighted by Gasteiger charge is 2.25. The molecule has 3 aromatic rings. The molecule has 0 spiro atoms. The zero-order valence-corrected chi connectivity index (χ0v) is 16.8. The molecule has 1 N–H and O–H groups in total. The molecular formula is C21H25N3O2S. The van der Waals surface area contributed by atoms with Gasteiger partial charge < -0.3 is 14.3 Å². The molecule has 0 aliphatic carbocycles. The number of para-hydroxylation sites is 1. The number of ether oxygens (including phenoxy) is 1. The van der Waals surface area contributed by atoms with Gasteiger partial charge in [-0.1, -0.05) is 30.0 Å². The van der Waals surface area contributed by atoms with Crippen LogP contribution in [0.15, 0.2) is 35.6 Å². The maximum absolute atomic E-state index is 13.1. The van der Waals surface area contributed by atoms with E-state index in [0.717, 1.165) is 59.0 Å². The number of thioether (sulfide) groups is 1. The molecule has 3 heterocycles. The molecule has 1 aliphatic rings. The van der Waals surface area contributed by atoms with Crippen LogP contribution in [0.3, 0.4) is 0 Å². The van der Waals surface area contributed by atoms with Crippen LogP contribution < -0.4 is 0 Å². The molecule has 0 saturated carbocycles. The van der Waals surface area contributed by atoms with Crippen LogP contribution in [0.25, 0.3) is 10.9 Å². The Bertz CT molecular complexity index is 969. The van der Waals surface area contributed by atoms with Crippen LogP contribution in [0.2, 0.25) is 0 Å². The van der Waals surface area contributed by atoms with Crippen molar-refractivity contribution in [1.29, 1.82) is 0 Å². The first kappa shape index (κ1) is 18.3. The fourth-order valence-electron chi connectivity index (χ4n) is 3.63. The summed E-state index contributed by atoms with van der Waals surface area (Å²) in [6.45, 7) is 7.73. The van der Waals surface area contributed by atoms with Crippen molar-refractivity contribution in [3.63, 3.8) is 0 Å². The third-order valence-electron chi connectivity index (χ3n) is 5.34. The molecule has 142 valence electrons. The maximum Gasteiger partial charge on any atom is 0.178 e. The predicted molar refractivity (Wildman–Crippen MR) is 109 cm³/mol. The van der Waals surface area contributed by atoms with Crippen molar-refractivity contribution < 1.29 is 9.53 Å². The van der Waals surface area contributed by atoms with Gasteiger partial charge in [-0.05, 0) is 39.7 Å². The smallest absolute Gasteiger partial charge is 0.178 e. The third kappa shape index (κ3) is 3.56. The molecule has 27 heavy (non-hydrogen) atoms. The summed E-state index contributed by atoms with van der Waals surface area (Å²) >= 11 is 1.54. The summed E-state index contributed by atoms with van der Waals surface area (Å²) in [7, 11) is 0. The van der Waals surface area contributed by atoms with E-state index in [9.17, 15) is 4.79 Å². The van der Waals surface area contributed by atoms with Gasteiger partial charge in [0, 0.05) is 35.0 Å². The second kappa shape index (κ2) is 7.52. The van der Waals surface area contributed by atoms with Crippen LogP contribution in [0.5, 0.6) is 0 Å². The Hall–Kier alpha value is -2.05. The van der Waals surface area contributed by atoms with Gasteiger partial charge in [-0.15, -0.1) is 0 Å². The minimum absolute atomic E-state index is 0.124. The highest BCUT2D eigenvalue weighted by molar-refractivity contribution is 8.00. The number of rotatable bonds is 6. The molecule has 0 unspecified atom stereocenters. The quantitative estimate of drug-likeness (QED) is 0.502. The third-order valence-corrected chi connectivity index (χ3v) is 6.43. The highest BCUT2D eigenvalue weighted by atomic mass is 32.2. The number of hydrogen-bond donors (Lipinski definition) is 1. The summed E-state index contributed by atoms with van der Waals surface area (Å²) in [6.07, 6.45) is 4.27.